The van der Waals surface area contributed by atoms with Gasteiger partial charge in [0.1, 0.15) is 6.04 Å². The third-order valence-corrected chi connectivity index (χ3v) is 2.68. The standard InChI is InChI=1S/C12H25N3O2/c1-7(2)5-9(6-13)12(17)15-10(8(3)4)11(14)16/h7-10H,5-6,13H2,1-4H3,(H2,14,16)(H,15,17). The molecule has 0 fully saturated rings. The molecule has 0 saturated carbocycles. The van der Waals surface area contributed by atoms with E-state index in [9.17, 15) is 9.59 Å². The van der Waals surface area contributed by atoms with Crippen LogP contribution >= 0.6 is 0 Å². The monoisotopic (exact) mass is 243 g/mol. The van der Waals surface area contributed by atoms with Gasteiger partial charge in [-0.25, -0.2) is 0 Å². The molecule has 0 aromatic carbocycles. The first-order chi connectivity index (χ1) is 7.79. The molecule has 0 radical (unpaired) electrons. The smallest absolute Gasteiger partial charge is 0.240 e. The average molecular weight is 243 g/mol. The molecule has 2 amide bonds. The molecule has 0 aliphatic rings. The van der Waals surface area contributed by atoms with Crippen LogP contribution in [0.25, 0.3) is 0 Å². The zero-order valence-corrected chi connectivity index (χ0v) is 11.2. The van der Waals surface area contributed by atoms with Crippen LogP contribution in [0.1, 0.15) is 34.1 Å². The molecule has 0 bridgehead atoms. The predicted molar refractivity (Wildman–Crippen MR) is 68.0 cm³/mol. The summed E-state index contributed by atoms with van der Waals surface area (Å²) in [6, 6.07) is -0.622. The number of amides is 2. The van der Waals surface area contributed by atoms with Crippen LogP contribution in [0.2, 0.25) is 0 Å². The first-order valence-electron chi connectivity index (χ1n) is 6.09. The molecule has 0 spiro atoms. The van der Waals surface area contributed by atoms with Gasteiger partial charge in [-0.3, -0.25) is 9.59 Å². The van der Waals surface area contributed by atoms with Crippen LogP contribution in [0.15, 0.2) is 0 Å². The molecule has 2 unspecified atom stereocenters. The fourth-order valence-electron chi connectivity index (χ4n) is 1.72. The summed E-state index contributed by atoms with van der Waals surface area (Å²) in [6.07, 6.45) is 0.714. The Morgan fingerprint density at radius 1 is 1.18 bits per heavy atom. The molecule has 0 aliphatic carbocycles. The lowest BCUT2D eigenvalue weighted by Crippen LogP contribution is -2.50. The van der Waals surface area contributed by atoms with E-state index in [1.807, 2.05) is 27.7 Å². The molecule has 100 valence electrons. The number of hydrogen-bond acceptors (Lipinski definition) is 3. The number of hydrogen-bond donors (Lipinski definition) is 3. The Kier molecular flexibility index (Phi) is 6.80. The Bertz CT molecular complexity index is 264. The van der Waals surface area contributed by atoms with Gasteiger partial charge in [-0.1, -0.05) is 27.7 Å². The van der Waals surface area contributed by atoms with Gasteiger partial charge in [0, 0.05) is 6.54 Å². The van der Waals surface area contributed by atoms with Crippen molar-refractivity contribution in [1.82, 2.24) is 5.32 Å². The number of rotatable bonds is 7. The third-order valence-electron chi connectivity index (χ3n) is 2.68. The van der Waals surface area contributed by atoms with E-state index in [1.54, 1.807) is 0 Å². The van der Waals surface area contributed by atoms with Gasteiger partial charge in [0.05, 0.1) is 5.92 Å². The minimum atomic E-state index is -0.622. The fraction of sp³-hybridized carbons (Fsp3) is 0.833. The van der Waals surface area contributed by atoms with E-state index < -0.39 is 11.9 Å². The minimum Gasteiger partial charge on any atom is -0.368 e. The van der Waals surface area contributed by atoms with Crippen molar-refractivity contribution in [2.75, 3.05) is 6.54 Å². The summed E-state index contributed by atoms with van der Waals surface area (Å²) < 4.78 is 0. The molecular formula is C12H25N3O2. The van der Waals surface area contributed by atoms with Gasteiger partial charge in [0.15, 0.2) is 0 Å². The van der Waals surface area contributed by atoms with Gasteiger partial charge in [-0.15, -0.1) is 0 Å². The van der Waals surface area contributed by atoms with Gasteiger partial charge in [-0.2, -0.15) is 0 Å². The number of carbonyl (C=O) groups excluding carboxylic acids is 2. The zero-order valence-electron chi connectivity index (χ0n) is 11.2. The Morgan fingerprint density at radius 3 is 2.00 bits per heavy atom. The first kappa shape index (κ1) is 15.9. The first-order valence-corrected chi connectivity index (χ1v) is 6.09. The molecule has 0 aliphatic heterocycles. The highest BCUT2D eigenvalue weighted by Crippen LogP contribution is 2.12. The van der Waals surface area contributed by atoms with Gasteiger partial charge in [0.25, 0.3) is 0 Å². The van der Waals surface area contributed by atoms with Crippen LogP contribution in [0.5, 0.6) is 0 Å². The summed E-state index contributed by atoms with van der Waals surface area (Å²) in [7, 11) is 0. The summed E-state index contributed by atoms with van der Waals surface area (Å²) in [5.74, 6) is -0.572. The molecule has 5 N–H and O–H groups in total. The quantitative estimate of drug-likeness (QED) is 0.597. The summed E-state index contributed by atoms with van der Waals surface area (Å²) in [4.78, 5) is 23.1. The fourth-order valence-corrected chi connectivity index (χ4v) is 1.72. The SMILES string of the molecule is CC(C)CC(CN)C(=O)NC(C(N)=O)C(C)C. The highest BCUT2D eigenvalue weighted by molar-refractivity contribution is 5.87. The summed E-state index contributed by atoms with van der Waals surface area (Å²) in [5.41, 5.74) is 10.8. The van der Waals surface area contributed by atoms with Crippen molar-refractivity contribution in [3.8, 4) is 0 Å². The summed E-state index contributed by atoms with van der Waals surface area (Å²) in [5, 5.41) is 2.68. The normalized spacial score (nSPS) is 14.8. The number of primary amides is 1. The Morgan fingerprint density at radius 2 is 1.71 bits per heavy atom. The largest absolute Gasteiger partial charge is 0.368 e. The van der Waals surface area contributed by atoms with E-state index in [4.69, 9.17) is 11.5 Å². The van der Waals surface area contributed by atoms with Crippen LogP contribution in [0.4, 0.5) is 0 Å². The van der Waals surface area contributed by atoms with Gasteiger partial charge in [-0.05, 0) is 18.3 Å². The van der Waals surface area contributed by atoms with Crippen molar-refractivity contribution in [3.05, 3.63) is 0 Å². The van der Waals surface area contributed by atoms with Crippen molar-refractivity contribution in [2.24, 2.45) is 29.2 Å². The average Bonchev–Trinajstić information content (AvgIpc) is 2.20. The van der Waals surface area contributed by atoms with Gasteiger partial charge >= 0.3 is 0 Å². The third kappa shape index (κ3) is 5.68. The van der Waals surface area contributed by atoms with Crippen molar-refractivity contribution in [1.29, 1.82) is 0 Å². The van der Waals surface area contributed by atoms with Crippen molar-refractivity contribution in [2.45, 2.75) is 40.2 Å². The van der Waals surface area contributed by atoms with E-state index in [1.165, 1.54) is 0 Å². The van der Waals surface area contributed by atoms with Crippen molar-refractivity contribution in [3.63, 3.8) is 0 Å². The number of nitrogens with one attached hydrogen (secondary N) is 1. The molecule has 0 rings (SSSR count). The van der Waals surface area contributed by atoms with Gasteiger partial charge in [0.2, 0.25) is 11.8 Å². The van der Waals surface area contributed by atoms with E-state index in [0.29, 0.717) is 12.3 Å². The maximum absolute atomic E-state index is 11.9. The Hall–Kier alpha value is -1.10. The molecule has 0 aromatic rings. The molecule has 17 heavy (non-hydrogen) atoms. The lowest BCUT2D eigenvalue weighted by molar-refractivity contribution is -0.130. The van der Waals surface area contributed by atoms with Crippen molar-refractivity contribution >= 4 is 11.8 Å². The maximum Gasteiger partial charge on any atom is 0.240 e. The van der Waals surface area contributed by atoms with E-state index in [2.05, 4.69) is 5.32 Å². The van der Waals surface area contributed by atoms with Gasteiger partial charge < -0.3 is 16.8 Å². The zero-order chi connectivity index (χ0) is 13.6. The lowest BCUT2D eigenvalue weighted by atomic mass is 9.95. The second-order valence-corrected chi connectivity index (χ2v) is 5.19. The van der Waals surface area contributed by atoms with Crippen LogP contribution in [0.3, 0.4) is 0 Å². The highest BCUT2D eigenvalue weighted by Gasteiger charge is 2.25. The highest BCUT2D eigenvalue weighted by atomic mass is 16.2. The molecule has 0 saturated heterocycles. The molecule has 2 atom stereocenters. The van der Waals surface area contributed by atoms with Crippen molar-refractivity contribution < 1.29 is 9.59 Å². The second-order valence-electron chi connectivity index (χ2n) is 5.19. The minimum absolute atomic E-state index is 0.0195. The van der Waals surface area contributed by atoms with Crippen LogP contribution in [-0.2, 0) is 9.59 Å². The van der Waals surface area contributed by atoms with E-state index in [-0.39, 0.29) is 24.3 Å². The van der Waals surface area contributed by atoms with E-state index >= 15 is 0 Å². The molecule has 5 nitrogen and oxygen atoms in total. The molecule has 0 heterocycles. The van der Waals surface area contributed by atoms with Crippen LogP contribution < -0.4 is 16.8 Å². The predicted octanol–water partition coefficient (Wildman–Crippen LogP) is 0.234. The van der Waals surface area contributed by atoms with E-state index in [0.717, 1.165) is 0 Å². The Labute approximate surface area is 103 Å². The topological polar surface area (TPSA) is 98.2 Å². The second kappa shape index (κ2) is 7.27. The molecule has 5 heteroatoms. The summed E-state index contributed by atoms with van der Waals surface area (Å²) >= 11 is 0. The molecule has 0 aromatic heterocycles. The molecular weight excluding hydrogens is 218 g/mol. The maximum atomic E-state index is 11.9. The van der Waals surface area contributed by atoms with Crippen LogP contribution in [-0.4, -0.2) is 24.4 Å². The summed E-state index contributed by atoms with van der Waals surface area (Å²) in [6.45, 7) is 8.03. The van der Waals surface area contributed by atoms with Crippen LogP contribution in [0, 0.1) is 17.8 Å². The Balaban J connectivity index is 4.52. The number of nitrogens with two attached hydrogens (primary N) is 2. The lowest BCUT2D eigenvalue weighted by Gasteiger charge is -2.23. The number of carbonyl (C=O) groups is 2.